The molecule has 3 rings (SSSR count). The smallest absolute Gasteiger partial charge is 0.334 e. The van der Waals surface area contributed by atoms with Crippen LogP contribution in [0, 0.1) is 25.2 Å². The molecule has 0 radical (unpaired) electrons. The fourth-order valence-electron chi connectivity index (χ4n) is 3.72. The molecule has 0 saturated heterocycles. The molecule has 0 bridgehead atoms. The first kappa shape index (κ1) is 24.7. The fraction of sp³-hybridized carbons (Fsp3) is 0.348. The van der Waals surface area contributed by atoms with Gasteiger partial charge in [0.05, 0.1) is 24.0 Å². The summed E-state index contributed by atoms with van der Waals surface area (Å²) in [6, 6.07) is 6.71. The second-order valence-corrected chi connectivity index (χ2v) is 7.67. The van der Waals surface area contributed by atoms with Crippen LogP contribution in [0.15, 0.2) is 30.5 Å². The molecule has 0 saturated carbocycles. The van der Waals surface area contributed by atoms with E-state index in [4.69, 9.17) is 0 Å². The Morgan fingerprint density at radius 3 is 2.59 bits per heavy atom. The van der Waals surface area contributed by atoms with Crippen LogP contribution in [0.2, 0.25) is 0 Å². The minimum Gasteiger partial charge on any atom is -0.334 e. The second kappa shape index (κ2) is 9.91. The number of para-hydroxylation sites is 1. The molecule has 0 aliphatic carbocycles. The Hall–Kier alpha value is -3.94. The quantitative estimate of drug-likeness (QED) is 0.565. The molecule has 2 amide bonds. The number of carbonyl (C=O) groups excluding carboxylic acids is 2. The Bertz CT molecular complexity index is 1280. The zero-order valence-corrected chi connectivity index (χ0v) is 18.9. The lowest BCUT2D eigenvalue weighted by Gasteiger charge is -2.21. The number of benzene rings is 1. The van der Waals surface area contributed by atoms with Gasteiger partial charge in [-0.1, -0.05) is 12.1 Å². The first-order chi connectivity index (χ1) is 16.1. The van der Waals surface area contributed by atoms with Gasteiger partial charge in [-0.25, -0.2) is 9.50 Å². The van der Waals surface area contributed by atoms with Gasteiger partial charge >= 0.3 is 6.18 Å². The van der Waals surface area contributed by atoms with Crippen molar-refractivity contribution in [2.75, 3.05) is 18.4 Å². The van der Waals surface area contributed by atoms with Crippen LogP contribution in [0.25, 0.3) is 5.65 Å². The largest absolute Gasteiger partial charge is 0.418 e. The van der Waals surface area contributed by atoms with Crippen molar-refractivity contribution in [3.05, 3.63) is 58.5 Å². The fourth-order valence-corrected chi connectivity index (χ4v) is 3.72. The van der Waals surface area contributed by atoms with E-state index >= 15 is 0 Å². The summed E-state index contributed by atoms with van der Waals surface area (Å²) in [4.78, 5) is 30.9. The van der Waals surface area contributed by atoms with Crippen molar-refractivity contribution in [1.29, 1.82) is 5.26 Å². The summed E-state index contributed by atoms with van der Waals surface area (Å²) < 4.78 is 41.0. The van der Waals surface area contributed by atoms with Gasteiger partial charge in [0.25, 0.3) is 0 Å². The number of amides is 2. The van der Waals surface area contributed by atoms with E-state index in [1.807, 2.05) is 13.0 Å². The van der Waals surface area contributed by atoms with Crippen LogP contribution >= 0.6 is 0 Å². The van der Waals surface area contributed by atoms with Gasteiger partial charge in [0.15, 0.2) is 5.65 Å². The van der Waals surface area contributed by atoms with E-state index in [-0.39, 0.29) is 31.1 Å². The summed E-state index contributed by atoms with van der Waals surface area (Å²) in [7, 11) is 0. The van der Waals surface area contributed by atoms with Crippen LogP contribution < -0.4 is 5.32 Å². The number of nitrogens with one attached hydrogen (secondary N) is 1. The van der Waals surface area contributed by atoms with Gasteiger partial charge in [-0.15, -0.1) is 0 Å². The number of anilines is 1. The van der Waals surface area contributed by atoms with E-state index in [0.29, 0.717) is 23.3 Å². The maximum Gasteiger partial charge on any atom is 0.418 e. The van der Waals surface area contributed by atoms with E-state index in [0.717, 1.165) is 17.3 Å². The van der Waals surface area contributed by atoms with Crippen molar-refractivity contribution in [2.45, 2.75) is 39.8 Å². The molecular formula is C23H23F3N6O2. The Balaban J connectivity index is 1.68. The van der Waals surface area contributed by atoms with E-state index in [9.17, 15) is 28.0 Å². The summed E-state index contributed by atoms with van der Waals surface area (Å²) in [6.45, 7) is 5.13. The number of halogens is 3. The van der Waals surface area contributed by atoms with Crippen molar-refractivity contribution >= 4 is 23.1 Å². The zero-order valence-electron chi connectivity index (χ0n) is 18.9. The van der Waals surface area contributed by atoms with Crippen LogP contribution in [0.5, 0.6) is 0 Å². The number of carbonyl (C=O) groups is 2. The monoisotopic (exact) mass is 472 g/mol. The summed E-state index contributed by atoms with van der Waals surface area (Å²) in [6.07, 6.45) is -2.78. The van der Waals surface area contributed by atoms with Gasteiger partial charge in [0.2, 0.25) is 11.8 Å². The molecule has 2 heterocycles. The molecule has 0 atom stereocenters. The van der Waals surface area contributed by atoms with E-state index < -0.39 is 17.6 Å². The standard InChI is InChI=1S/C23H23F3N6O2/c1-4-31(13-20(33)30-19-8-6-5-7-18(19)23(24,25)26)21(34)10-9-17-14(2)29-22-16(11-27)12-28-32(22)15(17)3/h5-8,12H,4,9-10,13H2,1-3H3,(H,30,33). The Morgan fingerprint density at radius 2 is 1.94 bits per heavy atom. The molecule has 2 aromatic heterocycles. The minimum absolute atomic E-state index is 0.0709. The highest BCUT2D eigenvalue weighted by Gasteiger charge is 2.33. The van der Waals surface area contributed by atoms with Crippen LogP contribution in [0.4, 0.5) is 18.9 Å². The van der Waals surface area contributed by atoms with Crippen LogP contribution in [-0.2, 0) is 22.2 Å². The molecule has 0 spiro atoms. The number of aryl methyl sites for hydroxylation is 2. The lowest BCUT2D eigenvalue weighted by molar-refractivity contribution is -0.137. The summed E-state index contributed by atoms with van der Waals surface area (Å²) in [5.41, 5.74) is 1.70. The van der Waals surface area contributed by atoms with Crippen molar-refractivity contribution in [3.63, 3.8) is 0 Å². The van der Waals surface area contributed by atoms with Gasteiger partial charge < -0.3 is 10.2 Å². The molecule has 0 unspecified atom stereocenters. The third-order valence-electron chi connectivity index (χ3n) is 5.49. The van der Waals surface area contributed by atoms with Crippen molar-refractivity contribution in [3.8, 4) is 6.07 Å². The molecule has 0 aliphatic rings. The number of likely N-dealkylation sites (N-methyl/N-ethyl adjacent to an activating group) is 1. The highest BCUT2D eigenvalue weighted by atomic mass is 19.4. The van der Waals surface area contributed by atoms with E-state index in [1.165, 1.54) is 29.3 Å². The third kappa shape index (κ3) is 5.17. The molecule has 1 aromatic carbocycles. The highest BCUT2D eigenvalue weighted by Crippen LogP contribution is 2.34. The molecule has 178 valence electrons. The molecule has 34 heavy (non-hydrogen) atoms. The van der Waals surface area contributed by atoms with Crippen LogP contribution in [0.1, 0.15) is 41.4 Å². The topological polar surface area (TPSA) is 103 Å². The number of hydrogen-bond acceptors (Lipinski definition) is 5. The number of nitriles is 1. The van der Waals surface area contributed by atoms with Crippen LogP contribution in [-0.4, -0.2) is 44.4 Å². The number of aromatic nitrogens is 3. The van der Waals surface area contributed by atoms with Crippen molar-refractivity contribution in [1.82, 2.24) is 19.5 Å². The van der Waals surface area contributed by atoms with Gasteiger partial charge in [0, 0.05) is 24.4 Å². The molecule has 3 aromatic rings. The summed E-state index contributed by atoms with van der Waals surface area (Å²) in [5.74, 6) is -1.04. The number of rotatable bonds is 7. The number of hydrogen-bond donors (Lipinski definition) is 1. The molecular weight excluding hydrogens is 449 g/mol. The van der Waals surface area contributed by atoms with Crippen molar-refractivity contribution < 1.29 is 22.8 Å². The van der Waals surface area contributed by atoms with Gasteiger partial charge in [-0.2, -0.15) is 23.5 Å². The average molecular weight is 472 g/mol. The molecule has 1 N–H and O–H groups in total. The number of alkyl halides is 3. The predicted molar refractivity (Wildman–Crippen MR) is 118 cm³/mol. The Labute approximate surface area is 194 Å². The lowest BCUT2D eigenvalue weighted by Crippen LogP contribution is -2.38. The third-order valence-corrected chi connectivity index (χ3v) is 5.49. The Morgan fingerprint density at radius 1 is 1.24 bits per heavy atom. The first-order valence-corrected chi connectivity index (χ1v) is 10.5. The van der Waals surface area contributed by atoms with Gasteiger partial charge in [0.1, 0.15) is 11.6 Å². The predicted octanol–water partition coefficient (Wildman–Crippen LogP) is 3.66. The Kier molecular flexibility index (Phi) is 7.20. The minimum atomic E-state index is -4.61. The molecule has 0 aliphatic heterocycles. The highest BCUT2D eigenvalue weighted by molar-refractivity contribution is 5.95. The normalized spacial score (nSPS) is 11.3. The van der Waals surface area contributed by atoms with Gasteiger partial charge in [-0.05, 0) is 44.9 Å². The maximum atomic E-state index is 13.2. The van der Waals surface area contributed by atoms with E-state index in [1.54, 1.807) is 18.4 Å². The molecule has 11 heteroatoms. The van der Waals surface area contributed by atoms with E-state index in [2.05, 4.69) is 15.4 Å². The average Bonchev–Trinajstić information content (AvgIpc) is 3.19. The zero-order chi connectivity index (χ0) is 25.0. The van der Waals surface area contributed by atoms with Crippen molar-refractivity contribution in [2.24, 2.45) is 0 Å². The van der Waals surface area contributed by atoms with Gasteiger partial charge in [-0.3, -0.25) is 9.59 Å². The number of fused-ring (bicyclic) bond motifs is 1. The van der Waals surface area contributed by atoms with Crippen LogP contribution in [0.3, 0.4) is 0 Å². The summed E-state index contributed by atoms with van der Waals surface area (Å²) >= 11 is 0. The first-order valence-electron chi connectivity index (χ1n) is 10.5. The number of nitrogens with zero attached hydrogens (tertiary/aromatic N) is 5. The lowest BCUT2D eigenvalue weighted by atomic mass is 10.1. The second-order valence-electron chi connectivity index (χ2n) is 7.67. The summed E-state index contributed by atoms with van der Waals surface area (Å²) in [5, 5.41) is 15.6. The molecule has 8 nitrogen and oxygen atoms in total. The maximum absolute atomic E-state index is 13.2. The SMILES string of the molecule is CCN(CC(=O)Nc1ccccc1C(F)(F)F)C(=O)CCc1c(C)nc2c(C#N)cnn2c1C. The molecule has 0 fully saturated rings.